The van der Waals surface area contributed by atoms with Crippen molar-refractivity contribution in [2.24, 2.45) is 0 Å². The molecule has 0 saturated heterocycles. The van der Waals surface area contributed by atoms with Crippen molar-refractivity contribution in [3.8, 4) is 0 Å². The van der Waals surface area contributed by atoms with Gasteiger partial charge in [-0.25, -0.2) is 0 Å². The summed E-state index contributed by atoms with van der Waals surface area (Å²) in [5, 5.41) is 6.56. The molecule has 3 heteroatoms. The summed E-state index contributed by atoms with van der Waals surface area (Å²) in [4.78, 5) is 12.0. The lowest BCUT2D eigenvalue weighted by Gasteiger charge is -2.25. The molecule has 2 N–H and O–H groups in total. The topological polar surface area (TPSA) is 41.1 Å². The summed E-state index contributed by atoms with van der Waals surface area (Å²) in [5.74, 6) is 0.154. The second-order valence-corrected chi connectivity index (χ2v) is 6.14. The number of amides is 1. The van der Waals surface area contributed by atoms with E-state index in [-0.39, 0.29) is 5.91 Å². The quantitative estimate of drug-likeness (QED) is 0.882. The molecule has 0 radical (unpaired) electrons. The molecule has 1 aromatic carbocycles. The summed E-state index contributed by atoms with van der Waals surface area (Å²) in [6.45, 7) is 0.475. The van der Waals surface area contributed by atoms with Crippen LogP contribution < -0.4 is 10.6 Å². The van der Waals surface area contributed by atoms with Crippen LogP contribution in [-0.2, 0) is 17.6 Å². The normalized spacial score (nSPS) is 22.5. The van der Waals surface area contributed by atoms with Crippen LogP contribution in [0, 0.1) is 0 Å². The molecule has 1 unspecified atom stereocenters. The molecule has 0 bridgehead atoms. The van der Waals surface area contributed by atoms with Crippen molar-refractivity contribution in [2.45, 2.75) is 57.0 Å². The standard InChI is InChI=1S/C17H24N2O/c20-17(12-18-15-7-3-4-8-15)19-16-10-9-13-5-1-2-6-14(13)11-16/h1-2,5-6,15-16,18H,3-4,7-12H2,(H,19,20). The molecule has 1 aromatic rings. The molecule has 108 valence electrons. The highest BCUT2D eigenvalue weighted by molar-refractivity contribution is 5.78. The molecule has 0 heterocycles. The third-order valence-electron chi connectivity index (χ3n) is 4.62. The highest BCUT2D eigenvalue weighted by atomic mass is 16.1. The van der Waals surface area contributed by atoms with Gasteiger partial charge in [-0.1, -0.05) is 37.1 Å². The van der Waals surface area contributed by atoms with Crippen molar-refractivity contribution in [3.63, 3.8) is 0 Å². The predicted molar refractivity (Wildman–Crippen MR) is 80.7 cm³/mol. The first-order chi connectivity index (χ1) is 9.81. The fraction of sp³-hybridized carbons (Fsp3) is 0.588. The molecule has 3 nitrogen and oxygen atoms in total. The van der Waals surface area contributed by atoms with E-state index in [2.05, 4.69) is 34.9 Å². The number of carbonyl (C=O) groups excluding carboxylic acids is 1. The molecule has 1 atom stereocenters. The van der Waals surface area contributed by atoms with Crippen LogP contribution in [0.1, 0.15) is 43.2 Å². The van der Waals surface area contributed by atoms with Crippen molar-refractivity contribution in [1.29, 1.82) is 0 Å². The number of hydrogen-bond donors (Lipinski definition) is 2. The number of benzene rings is 1. The molecular formula is C17H24N2O. The Labute approximate surface area is 121 Å². The Bertz CT molecular complexity index is 466. The Hall–Kier alpha value is -1.35. The number of fused-ring (bicyclic) bond motifs is 1. The van der Waals surface area contributed by atoms with E-state index in [0.29, 0.717) is 18.6 Å². The van der Waals surface area contributed by atoms with Crippen LogP contribution in [0.5, 0.6) is 0 Å². The van der Waals surface area contributed by atoms with Gasteiger partial charge in [0, 0.05) is 12.1 Å². The fourth-order valence-electron chi connectivity index (χ4n) is 3.47. The second kappa shape index (κ2) is 6.40. The average Bonchev–Trinajstić information content (AvgIpc) is 2.98. The van der Waals surface area contributed by atoms with Crippen molar-refractivity contribution in [2.75, 3.05) is 6.54 Å². The zero-order chi connectivity index (χ0) is 13.8. The number of hydrogen-bond acceptors (Lipinski definition) is 2. The molecular weight excluding hydrogens is 248 g/mol. The first-order valence-electron chi connectivity index (χ1n) is 7.91. The predicted octanol–water partition coefficient (Wildman–Crippen LogP) is 2.19. The molecule has 0 spiro atoms. The van der Waals surface area contributed by atoms with Gasteiger partial charge in [-0.05, 0) is 43.2 Å². The second-order valence-electron chi connectivity index (χ2n) is 6.14. The zero-order valence-electron chi connectivity index (χ0n) is 12.0. The summed E-state index contributed by atoms with van der Waals surface area (Å²) in [6.07, 6.45) is 8.18. The van der Waals surface area contributed by atoms with Crippen molar-refractivity contribution < 1.29 is 4.79 Å². The van der Waals surface area contributed by atoms with Crippen LogP contribution in [0.2, 0.25) is 0 Å². The first-order valence-corrected chi connectivity index (χ1v) is 7.91. The molecule has 3 rings (SSSR count). The van der Waals surface area contributed by atoms with Gasteiger partial charge in [0.05, 0.1) is 6.54 Å². The molecule has 2 aliphatic carbocycles. The third kappa shape index (κ3) is 3.40. The summed E-state index contributed by atoms with van der Waals surface area (Å²) in [6, 6.07) is 9.45. The van der Waals surface area contributed by atoms with Crippen LogP contribution in [0.15, 0.2) is 24.3 Å². The van der Waals surface area contributed by atoms with Gasteiger partial charge in [0.15, 0.2) is 0 Å². The summed E-state index contributed by atoms with van der Waals surface area (Å²) in [5.41, 5.74) is 2.84. The number of aryl methyl sites for hydroxylation is 1. The third-order valence-corrected chi connectivity index (χ3v) is 4.62. The van der Waals surface area contributed by atoms with Gasteiger partial charge in [0.25, 0.3) is 0 Å². The van der Waals surface area contributed by atoms with Gasteiger partial charge in [-0.2, -0.15) is 0 Å². The molecule has 1 saturated carbocycles. The molecule has 0 aliphatic heterocycles. The summed E-state index contributed by atoms with van der Waals surface area (Å²) in [7, 11) is 0. The van der Waals surface area contributed by atoms with Crippen LogP contribution in [0.25, 0.3) is 0 Å². The lowest BCUT2D eigenvalue weighted by atomic mass is 9.88. The molecule has 20 heavy (non-hydrogen) atoms. The lowest BCUT2D eigenvalue weighted by Crippen LogP contribution is -2.44. The zero-order valence-corrected chi connectivity index (χ0v) is 12.0. The van der Waals surface area contributed by atoms with E-state index < -0.39 is 0 Å². The van der Waals surface area contributed by atoms with Crippen molar-refractivity contribution in [1.82, 2.24) is 10.6 Å². The lowest BCUT2D eigenvalue weighted by molar-refractivity contribution is -0.121. The van der Waals surface area contributed by atoms with Crippen LogP contribution >= 0.6 is 0 Å². The van der Waals surface area contributed by atoms with Gasteiger partial charge in [0.1, 0.15) is 0 Å². The number of rotatable bonds is 4. The van der Waals surface area contributed by atoms with E-state index in [9.17, 15) is 4.79 Å². The van der Waals surface area contributed by atoms with Crippen molar-refractivity contribution in [3.05, 3.63) is 35.4 Å². The van der Waals surface area contributed by atoms with Gasteiger partial charge >= 0.3 is 0 Å². The fourth-order valence-corrected chi connectivity index (χ4v) is 3.47. The monoisotopic (exact) mass is 272 g/mol. The van der Waals surface area contributed by atoms with Gasteiger partial charge in [-0.3, -0.25) is 4.79 Å². The van der Waals surface area contributed by atoms with Crippen LogP contribution in [0.3, 0.4) is 0 Å². The maximum absolute atomic E-state index is 12.0. The average molecular weight is 272 g/mol. The maximum Gasteiger partial charge on any atom is 0.234 e. The first kappa shape index (κ1) is 13.6. The van der Waals surface area contributed by atoms with E-state index in [0.717, 1.165) is 19.3 Å². The minimum absolute atomic E-state index is 0.154. The Balaban J connectivity index is 1.45. The van der Waals surface area contributed by atoms with Crippen molar-refractivity contribution >= 4 is 5.91 Å². The van der Waals surface area contributed by atoms with E-state index in [1.807, 2.05) is 0 Å². The Morgan fingerprint density at radius 1 is 1.05 bits per heavy atom. The summed E-state index contributed by atoms with van der Waals surface area (Å²) >= 11 is 0. The highest BCUT2D eigenvalue weighted by Crippen LogP contribution is 2.21. The van der Waals surface area contributed by atoms with E-state index in [1.54, 1.807) is 0 Å². The van der Waals surface area contributed by atoms with Gasteiger partial charge in [-0.15, -0.1) is 0 Å². The summed E-state index contributed by atoms with van der Waals surface area (Å²) < 4.78 is 0. The van der Waals surface area contributed by atoms with E-state index in [4.69, 9.17) is 0 Å². The molecule has 1 fully saturated rings. The smallest absolute Gasteiger partial charge is 0.234 e. The largest absolute Gasteiger partial charge is 0.352 e. The van der Waals surface area contributed by atoms with Crippen LogP contribution in [0.4, 0.5) is 0 Å². The van der Waals surface area contributed by atoms with Crippen LogP contribution in [-0.4, -0.2) is 24.5 Å². The van der Waals surface area contributed by atoms with Gasteiger partial charge in [0.2, 0.25) is 5.91 Å². The molecule has 1 amide bonds. The minimum atomic E-state index is 0.154. The number of carbonyl (C=O) groups is 1. The molecule has 0 aromatic heterocycles. The molecule has 2 aliphatic rings. The minimum Gasteiger partial charge on any atom is -0.352 e. The SMILES string of the molecule is O=C(CNC1CCCC1)NC1CCc2ccccc2C1. The number of nitrogens with one attached hydrogen (secondary N) is 2. The Morgan fingerprint density at radius 3 is 2.60 bits per heavy atom. The Morgan fingerprint density at radius 2 is 1.80 bits per heavy atom. The Kier molecular flexibility index (Phi) is 4.36. The maximum atomic E-state index is 12.0. The highest BCUT2D eigenvalue weighted by Gasteiger charge is 2.20. The van der Waals surface area contributed by atoms with Gasteiger partial charge < -0.3 is 10.6 Å². The van der Waals surface area contributed by atoms with E-state index in [1.165, 1.54) is 36.8 Å². The van der Waals surface area contributed by atoms with E-state index >= 15 is 0 Å².